The van der Waals surface area contributed by atoms with E-state index in [1.54, 1.807) is 0 Å². The minimum absolute atomic E-state index is 0.229. The van der Waals surface area contributed by atoms with Crippen LogP contribution in [0.1, 0.15) is 26.7 Å². The third kappa shape index (κ3) is 6.42. The van der Waals surface area contributed by atoms with Crippen LogP contribution in [0.25, 0.3) is 0 Å². The van der Waals surface area contributed by atoms with E-state index in [9.17, 15) is 0 Å². The van der Waals surface area contributed by atoms with Crippen molar-refractivity contribution in [1.29, 1.82) is 10.5 Å². The number of nitriles is 2. The molecule has 0 amide bonds. The van der Waals surface area contributed by atoms with Gasteiger partial charge in [0.1, 0.15) is 0 Å². The predicted molar refractivity (Wildman–Crippen MR) is 51.0 cm³/mol. The van der Waals surface area contributed by atoms with Crippen molar-refractivity contribution in [2.75, 3.05) is 13.2 Å². The summed E-state index contributed by atoms with van der Waals surface area (Å²) in [5.74, 6) is 0.229. The second-order valence-corrected chi connectivity index (χ2v) is 3.17. The molecule has 0 N–H and O–H groups in total. The molecule has 0 aliphatic heterocycles. The zero-order valence-electron chi connectivity index (χ0n) is 8.69. The van der Waals surface area contributed by atoms with E-state index in [4.69, 9.17) is 20.0 Å². The van der Waals surface area contributed by atoms with Crippen LogP contribution in [0, 0.1) is 28.6 Å². The normalized spacial score (nSPS) is 10.1. The molecule has 0 radical (unpaired) electrons. The van der Waals surface area contributed by atoms with Crippen molar-refractivity contribution in [3.05, 3.63) is 0 Å². The minimum atomic E-state index is -0.309. The molecule has 0 unspecified atom stereocenters. The first-order chi connectivity index (χ1) is 6.72. The van der Waals surface area contributed by atoms with Crippen LogP contribution in [0.4, 0.5) is 0 Å². The predicted octanol–water partition coefficient (Wildman–Crippen LogP) is 1.83. The second-order valence-electron chi connectivity index (χ2n) is 3.17. The summed E-state index contributed by atoms with van der Waals surface area (Å²) in [6, 6.07) is 3.99. The number of nitrogens with zero attached hydrogens (tertiary/aromatic N) is 2. The molecule has 4 nitrogen and oxygen atoms in total. The number of hydrogen-bond donors (Lipinski definition) is 0. The summed E-state index contributed by atoms with van der Waals surface area (Å²) in [7, 11) is 0. The van der Waals surface area contributed by atoms with Crippen molar-refractivity contribution in [2.24, 2.45) is 5.92 Å². The highest BCUT2D eigenvalue weighted by Crippen LogP contribution is 2.08. The Kier molecular flexibility index (Phi) is 7.83. The van der Waals surface area contributed by atoms with E-state index in [0.29, 0.717) is 26.1 Å². The van der Waals surface area contributed by atoms with Gasteiger partial charge in [0.25, 0.3) is 0 Å². The van der Waals surface area contributed by atoms with Gasteiger partial charge >= 0.3 is 0 Å². The maximum atomic E-state index is 8.32. The van der Waals surface area contributed by atoms with Crippen LogP contribution in [0.15, 0.2) is 0 Å². The molecule has 0 aromatic heterocycles. The first-order valence-corrected chi connectivity index (χ1v) is 4.69. The van der Waals surface area contributed by atoms with E-state index >= 15 is 0 Å². The molecular weight excluding hydrogens is 180 g/mol. The van der Waals surface area contributed by atoms with Gasteiger partial charge in [0.2, 0.25) is 0 Å². The average molecular weight is 196 g/mol. The van der Waals surface area contributed by atoms with Crippen molar-refractivity contribution in [1.82, 2.24) is 0 Å². The van der Waals surface area contributed by atoms with Crippen LogP contribution >= 0.6 is 0 Å². The van der Waals surface area contributed by atoms with Gasteiger partial charge in [0.15, 0.2) is 6.29 Å². The molecule has 78 valence electrons. The summed E-state index contributed by atoms with van der Waals surface area (Å²) in [6.07, 6.45) is 0.423. The molecule has 0 aliphatic carbocycles. The lowest BCUT2D eigenvalue weighted by Crippen LogP contribution is -2.24. The lowest BCUT2D eigenvalue weighted by atomic mass is 10.2. The van der Waals surface area contributed by atoms with Crippen molar-refractivity contribution < 1.29 is 9.47 Å². The molecule has 0 aromatic carbocycles. The molecule has 0 rings (SSSR count). The Labute approximate surface area is 85.0 Å². The maximum absolute atomic E-state index is 8.32. The Morgan fingerprint density at radius 2 is 1.43 bits per heavy atom. The summed E-state index contributed by atoms with van der Waals surface area (Å²) in [5, 5.41) is 16.6. The largest absolute Gasteiger partial charge is 0.351 e. The van der Waals surface area contributed by atoms with E-state index in [2.05, 4.69) is 0 Å². The first-order valence-electron chi connectivity index (χ1n) is 4.69. The van der Waals surface area contributed by atoms with Crippen LogP contribution in [-0.2, 0) is 9.47 Å². The Bertz CT molecular complexity index is 195. The highest BCUT2D eigenvalue weighted by molar-refractivity contribution is 4.69. The Morgan fingerprint density at radius 1 is 1.00 bits per heavy atom. The van der Waals surface area contributed by atoms with Crippen LogP contribution in [0.2, 0.25) is 0 Å². The van der Waals surface area contributed by atoms with Gasteiger partial charge in [-0.05, 0) is 0 Å². The van der Waals surface area contributed by atoms with E-state index in [-0.39, 0.29) is 12.2 Å². The second kappa shape index (κ2) is 8.50. The summed E-state index contributed by atoms with van der Waals surface area (Å²) in [6.45, 7) is 4.71. The van der Waals surface area contributed by atoms with Gasteiger partial charge in [-0.2, -0.15) is 10.5 Å². The van der Waals surface area contributed by atoms with Crippen molar-refractivity contribution in [2.45, 2.75) is 33.0 Å². The molecule has 0 atom stereocenters. The topological polar surface area (TPSA) is 66.0 Å². The van der Waals surface area contributed by atoms with Crippen LogP contribution in [0.3, 0.4) is 0 Å². The molecule has 0 bridgehead atoms. The highest BCUT2D eigenvalue weighted by Gasteiger charge is 2.13. The minimum Gasteiger partial charge on any atom is -0.351 e. The first kappa shape index (κ1) is 12.9. The Balaban J connectivity index is 3.68. The molecule has 4 heteroatoms. The molecule has 14 heavy (non-hydrogen) atoms. The van der Waals surface area contributed by atoms with Crippen LogP contribution in [0.5, 0.6) is 0 Å². The van der Waals surface area contributed by atoms with Crippen LogP contribution in [-0.4, -0.2) is 19.5 Å². The van der Waals surface area contributed by atoms with E-state index in [1.807, 2.05) is 26.0 Å². The SMILES string of the molecule is CC(C)C(OCCC#N)OCCC#N. The lowest BCUT2D eigenvalue weighted by molar-refractivity contribution is -0.163. The number of rotatable bonds is 7. The van der Waals surface area contributed by atoms with Crippen molar-refractivity contribution >= 4 is 0 Å². The standard InChI is InChI=1S/C10H16N2O2/c1-9(2)10(13-7-3-5-11)14-8-4-6-12/h9-10H,3-4,7-8H2,1-2H3. The third-order valence-corrected chi connectivity index (χ3v) is 1.54. The summed E-state index contributed by atoms with van der Waals surface area (Å²) in [4.78, 5) is 0. The maximum Gasteiger partial charge on any atom is 0.159 e. The third-order valence-electron chi connectivity index (χ3n) is 1.54. The smallest absolute Gasteiger partial charge is 0.159 e. The lowest BCUT2D eigenvalue weighted by Gasteiger charge is -2.20. The zero-order chi connectivity index (χ0) is 10.8. The molecular formula is C10H16N2O2. The van der Waals surface area contributed by atoms with E-state index < -0.39 is 0 Å². The zero-order valence-corrected chi connectivity index (χ0v) is 8.69. The van der Waals surface area contributed by atoms with Crippen LogP contribution < -0.4 is 0 Å². The van der Waals surface area contributed by atoms with Gasteiger partial charge in [-0.3, -0.25) is 0 Å². The van der Waals surface area contributed by atoms with Gasteiger partial charge < -0.3 is 9.47 Å². The average Bonchev–Trinajstić information content (AvgIpc) is 2.15. The monoisotopic (exact) mass is 196 g/mol. The quantitative estimate of drug-likeness (QED) is 0.460. The van der Waals surface area contributed by atoms with Gasteiger partial charge in [-0.1, -0.05) is 13.8 Å². The summed E-state index contributed by atoms with van der Waals surface area (Å²) < 4.78 is 10.7. The van der Waals surface area contributed by atoms with Crippen molar-refractivity contribution in [3.8, 4) is 12.1 Å². The number of hydrogen-bond acceptors (Lipinski definition) is 4. The molecule has 0 aromatic rings. The van der Waals surface area contributed by atoms with Gasteiger partial charge in [0.05, 0.1) is 38.2 Å². The fraction of sp³-hybridized carbons (Fsp3) is 0.800. The van der Waals surface area contributed by atoms with E-state index in [0.717, 1.165) is 0 Å². The molecule has 0 heterocycles. The van der Waals surface area contributed by atoms with Crippen molar-refractivity contribution in [3.63, 3.8) is 0 Å². The van der Waals surface area contributed by atoms with Gasteiger partial charge in [0, 0.05) is 5.92 Å². The molecule has 0 saturated heterocycles. The fourth-order valence-corrected chi connectivity index (χ4v) is 0.874. The molecule has 0 aliphatic rings. The molecule has 0 spiro atoms. The molecule has 0 fully saturated rings. The highest BCUT2D eigenvalue weighted by atomic mass is 16.7. The Morgan fingerprint density at radius 3 is 1.71 bits per heavy atom. The number of ether oxygens (including phenoxy) is 2. The summed E-state index contributed by atoms with van der Waals surface area (Å²) >= 11 is 0. The van der Waals surface area contributed by atoms with Gasteiger partial charge in [-0.15, -0.1) is 0 Å². The summed E-state index contributed by atoms with van der Waals surface area (Å²) in [5.41, 5.74) is 0. The fourth-order valence-electron chi connectivity index (χ4n) is 0.874. The van der Waals surface area contributed by atoms with E-state index in [1.165, 1.54) is 0 Å². The Hall–Kier alpha value is -1.10. The molecule has 0 saturated carbocycles. The van der Waals surface area contributed by atoms with Gasteiger partial charge in [-0.25, -0.2) is 0 Å².